The number of nitrogens with one attached hydrogen (secondary N) is 1. The van der Waals surface area contributed by atoms with Crippen LogP contribution >= 0.6 is 0 Å². The average Bonchev–Trinajstić information content (AvgIpc) is 2.23. The first kappa shape index (κ1) is 12.3. The number of benzene rings is 1. The summed E-state index contributed by atoms with van der Waals surface area (Å²) in [5.74, 6) is -1.92. The fourth-order valence-electron chi connectivity index (χ4n) is 1.11. The third-order valence-electron chi connectivity index (χ3n) is 1.94. The van der Waals surface area contributed by atoms with Crippen LogP contribution in [0.5, 0.6) is 0 Å². The minimum atomic E-state index is -0.819. The number of anilines is 1. The van der Waals surface area contributed by atoms with Crippen LogP contribution in [0.15, 0.2) is 30.9 Å². The van der Waals surface area contributed by atoms with E-state index in [1.807, 2.05) is 0 Å². The van der Waals surface area contributed by atoms with E-state index >= 15 is 0 Å². The predicted octanol–water partition coefficient (Wildman–Crippen LogP) is 1.81. The number of halogens is 2. The Morgan fingerprint density at radius 1 is 1.56 bits per heavy atom. The van der Waals surface area contributed by atoms with Crippen LogP contribution in [-0.2, 0) is 4.79 Å². The summed E-state index contributed by atoms with van der Waals surface area (Å²) in [5.41, 5.74) is 5.25. The Morgan fingerprint density at radius 3 is 2.88 bits per heavy atom. The molecule has 16 heavy (non-hydrogen) atoms. The monoisotopic (exact) mass is 226 g/mol. The predicted molar refractivity (Wildman–Crippen MR) is 57.8 cm³/mol. The highest BCUT2D eigenvalue weighted by molar-refractivity contribution is 5.94. The van der Waals surface area contributed by atoms with Gasteiger partial charge in [0.25, 0.3) is 0 Å². The molecule has 3 N–H and O–H groups in total. The maximum atomic E-state index is 13.1. The molecule has 0 spiro atoms. The number of hydrogen-bond donors (Lipinski definition) is 2. The summed E-state index contributed by atoms with van der Waals surface area (Å²) >= 11 is 0. The smallest absolute Gasteiger partial charge is 0.241 e. The highest BCUT2D eigenvalue weighted by Crippen LogP contribution is 2.15. The van der Waals surface area contributed by atoms with Crippen molar-refractivity contribution in [2.24, 2.45) is 5.73 Å². The van der Waals surface area contributed by atoms with Gasteiger partial charge in [-0.15, -0.1) is 6.58 Å². The number of rotatable bonds is 4. The molecule has 1 rings (SSSR count). The van der Waals surface area contributed by atoms with Crippen molar-refractivity contribution in [2.75, 3.05) is 5.32 Å². The van der Waals surface area contributed by atoms with Gasteiger partial charge in [-0.3, -0.25) is 4.79 Å². The van der Waals surface area contributed by atoms with E-state index in [-0.39, 0.29) is 12.1 Å². The van der Waals surface area contributed by atoms with Crippen molar-refractivity contribution < 1.29 is 13.6 Å². The first-order chi connectivity index (χ1) is 7.54. The van der Waals surface area contributed by atoms with Gasteiger partial charge < -0.3 is 11.1 Å². The number of carbonyl (C=O) groups is 1. The molecule has 0 aromatic heterocycles. The van der Waals surface area contributed by atoms with Crippen LogP contribution in [0.25, 0.3) is 0 Å². The normalized spacial score (nSPS) is 11.9. The van der Waals surface area contributed by atoms with Crippen molar-refractivity contribution in [2.45, 2.75) is 12.5 Å². The SMILES string of the molecule is C=CCC(N)C(=O)Nc1cc(F)ccc1F. The highest BCUT2D eigenvalue weighted by Gasteiger charge is 2.14. The third kappa shape index (κ3) is 3.13. The van der Waals surface area contributed by atoms with E-state index < -0.39 is 23.6 Å². The lowest BCUT2D eigenvalue weighted by atomic mass is 10.2. The second-order valence-electron chi connectivity index (χ2n) is 3.24. The molecule has 1 aromatic rings. The summed E-state index contributed by atoms with van der Waals surface area (Å²) in [6, 6.07) is 1.98. The van der Waals surface area contributed by atoms with Crippen molar-refractivity contribution >= 4 is 11.6 Å². The molecular weight excluding hydrogens is 214 g/mol. The van der Waals surface area contributed by atoms with Crippen LogP contribution in [0.4, 0.5) is 14.5 Å². The van der Waals surface area contributed by atoms with Crippen LogP contribution in [0.3, 0.4) is 0 Å². The molecule has 0 radical (unpaired) electrons. The van der Waals surface area contributed by atoms with Gasteiger partial charge in [-0.25, -0.2) is 8.78 Å². The molecule has 1 atom stereocenters. The molecule has 86 valence electrons. The Bertz CT molecular complexity index is 407. The Labute approximate surface area is 91.9 Å². The Kier molecular flexibility index (Phi) is 4.13. The molecule has 0 fully saturated rings. The maximum Gasteiger partial charge on any atom is 0.241 e. The minimum Gasteiger partial charge on any atom is -0.322 e. The van der Waals surface area contributed by atoms with Gasteiger partial charge in [0, 0.05) is 6.07 Å². The van der Waals surface area contributed by atoms with Gasteiger partial charge in [-0.05, 0) is 18.6 Å². The van der Waals surface area contributed by atoms with E-state index in [9.17, 15) is 13.6 Å². The third-order valence-corrected chi connectivity index (χ3v) is 1.94. The highest BCUT2D eigenvalue weighted by atomic mass is 19.1. The zero-order valence-corrected chi connectivity index (χ0v) is 8.54. The Morgan fingerprint density at radius 2 is 2.25 bits per heavy atom. The molecule has 0 bridgehead atoms. The van der Waals surface area contributed by atoms with Crippen LogP contribution in [0.1, 0.15) is 6.42 Å². The Hall–Kier alpha value is -1.75. The number of carbonyl (C=O) groups excluding carboxylic acids is 1. The summed E-state index contributed by atoms with van der Waals surface area (Å²) in [6.07, 6.45) is 1.74. The van der Waals surface area contributed by atoms with Crippen LogP contribution in [-0.4, -0.2) is 11.9 Å². The van der Waals surface area contributed by atoms with Gasteiger partial charge in [0.15, 0.2) is 0 Å². The molecule has 1 aromatic carbocycles. The lowest BCUT2D eigenvalue weighted by molar-refractivity contribution is -0.117. The summed E-state index contributed by atoms with van der Waals surface area (Å²) in [5, 5.41) is 2.21. The van der Waals surface area contributed by atoms with E-state index in [1.54, 1.807) is 0 Å². The van der Waals surface area contributed by atoms with Crippen molar-refractivity contribution in [1.82, 2.24) is 0 Å². The van der Waals surface area contributed by atoms with Gasteiger partial charge in [0.2, 0.25) is 5.91 Å². The molecule has 0 aliphatic heterocycles. The number of hydrogen-bond acceptors (Lipinski definition) is 2. The summed E-state index contributed by atoms with van der Waals surface area (Å²) in [6.45, 7) is 3.43. The van der Waals surface area contributed by atoms with Gasteiger partial charge in [-0.2, -0.15) is 0 Å². The van der Waals surface area contributed by atoms with Crippen molar-refractivity contribution in [1.29, 1.82) is 0 Å². The van der Waals surface area contributed by atoms with E-state index in [2.05, 4.69) is 11.9 Å². The van der Waals surface area contributed by atoms with Crippen molar-refractivity contribution in [3.05, 3.63) is 42.5 Å². The quantitative estimate of drug-likeness (QED) is 0.769. The second kappa shape index (κ2) is 5.37. The molecule has 0 heterocycles. The molecule has 0 saturated carbocycles. The lowest BCUT2D eigenvalue weighted by Gasteiger charge is -2.10. The maximum absolute atomic E-state index is 13.1. The van der Waals surface area contributed by atoms with E-state index in [0.29, 0.717) is 0 Å². The largest absolute Gasteiger partial charge is 0.322 e. The van der Waals surface area contributed by atoms with E-state index in [1.165, 1.54) is 6.08 Å². The van der Waals surface area contributed by atoms with Crippen molar-refractivity contribution in [3.8, 4) is 0 Å². The summed E-state index contributed by atoms with van der Waals surface area (Å²) < 4.78 is 25.9. The van der Waals surface area contributed by atoms with Crippen LogP contribution in [0, 0.1) is 11.6 Å². The standard InChI is InChI=1S/C11H12F2N2O/c1-2-3-9(14)11(16)15-10-6-7(12)4-5-8(10)13/h2,4-6,9H,1,3,14H2,(H,15,16). The topological polar surface area (TPSA) is 55.1 Å². The van der Waals surface area contributed by atoms with Gasteiger partial charge in [0.05, 0.1) is 11.7 Å². The molecular formula is C11H12F2N2O. The van der Waals surface area contributed by atoms with Gasteiger partial charge >= 0.3 is 0 Å². The lowest BCUT2D eigenvalue weighted by Crippen LogP contribution is -2.35. The fourth-order valence-corrected chi connectivity index (χ4v) is 1.11. The zero-order valence-electron chi connectivity index (χ0n) is 8.54. The summed E-state index contributed by atoms with van der Waals surface area (Å²) in [7, 11) is 0. The average molecular weight is 226 g/mol. The van der Waals surface area contributed by atoms with Crippen LogP contribution < -0.4 is 11.1 Å². The van der Waals surface area contributed by atoms with E-state index in [0.717, 1.165) is 18.2 Å². The fraction of sp³-hybridized carbons (Fsp3) is 0.182. The van der Waals surface area contributed by atoms with Crippen LogP contribution in [0.2, 0.25) is 0 Å². The first-order valence-corrected chi connectivity index (χ1v) is 4.67. The molecule has 3 nitrogen and oxygen atoms in total. The summed E-state index contributed by atoms with van der Waals surface area (Å²) in [4.78, 5) is 11.4. The second-order valence-corrected chi connectivity index (χ2v) is 3.24. The zero-order chi connectivity index (χ0) is 12.1. The first-order valence-electron chi connectivity index (χ1n) is 4.67. The minimum absolute atomic E-state index is 0.218. The molecule has 0 aliphatic rings. The van der Waals surface area contributed by atoms with Gasteiger partial charge in [0.1, 0.15) is 11.6 Å². The Balaban J connectivity index is 2.76. The molecule has 1 unspecified atom stereocenters. The van der Waals surface area contributed by atoms with Crippen molar-refractivity contribution in [3.63, 3.8) is 0 Å². The molecule has 5 heteroatoms. The number of nitrogens with two attached hydrogens (primary N) is 1. The molecule has 0 saturated heterocycles. The molecule has 1 amide bonds. The molecule has 0 aliphatic carbocycles. The van der Waals surface area contributed by atoms with Gasteiger partial charge in [-0.1, -0.05) is 6.08 Å². The van der Waals surface area contributed by atoms with E-state index in [4.69, 9.17) is 5.73 Å². The number of amides is 1.